The van der Waals surface area contributed by atoms with Crippen molar-refractivity contribution in [2.45, 2.75) is 43.3 Å². The number of ether oxygens (including phenoxy) is 1. The highest BCUT2D eigenvalue weighted by molar-refractivity contribution is 9.10. The summed E-state index contributed by atoms with van der Waals surface area (Å²) in [5.74, 6) is 2.75. The molecule has 8 nitrogen and oxygen atoms in total. The van der Waals surface area contributed by atoms with E-state index in [4.69, 9.17) is 9.29 Å². The minimum absolute atomic E-state index is 0.0666. The fraction of sp³-hybridized carbons (Fsp3) is 0.429. The standard InChI is InChI=1S/C10H11BrN2O.C7H8O3S.C6H11N.C5H3BrFN/c11-7-1-2-10(12-4-7)13-5-8-3-9(6-13)14-8;1-6-2-4-7(5-3-6)11(8,9)10;1-5-2-6(1)4-7-3-5;6-4-1-2-5(7)8-3-4/h1-2,4,8-9H,3,5-6H2;2-5H,1H3,(H,8,9,10);5-7H,1-4H2;1-3H. The van der Waals surface area contributed by atoms with Gasteiger partial charge >= 0.3 is 0 Å². The van der Waals surface area contributed by atoms with E-state index in [1.54, 1.807) is 18.2 Å². The number of nitrogens with one attached hydrogen (secondary N) is 1. The summed E-state index contributed by atoms with van der Waals surface area (Å²) in [5, 5.41) is 3.38. The van der Waals surface area contributed by atoms with Crippen LogP contribution in [0, 0.1) is 24.7 Å². The molecule has 6 fully saturated rings. The molecule has 2 atom stereocenters. The molecule has 5 aliphatic heterocycles. The number of aromatic nitrogens is 2. The van der Waals surface area contributed by atoms with Gasteiger partial charge in [-0.05, 0) is 113 Å². The number of fused-ring (bicyclic) bond motifs is 4. The molecule has 0 radical (unpaired) electrons. The van der Waals surface area contributed by atoms with Crippen LogP contribution in [0.25, 0.3) is 0 Å². The molecular weight excluding hydrogens is 667 g/mol. The number of rotatable bonds is 2. The maximum absolute atomic E-state index is 12.0. The number of aryl methyl sites for hydroxylation is 1. The zero-order chi connectivity index (χ0) is 28.7. The van der Waals surface area contributed by atoms with E-state index in [1.165, 1.54) is 56.7 Å². The Morgan fingerprint density at radius 3 is 1.82 bits per heavy atom. The predicted octanol–water partition coefficient (Wildman–Crippen LogP) is 5.66. The fourth-order valence-electron chi connectivity index (χ4n) is 4.86. The Morgan fingerprint density at radius 1 is 0.900 bits per heavy atom. The highest BCUT2D eigenvalue weighted by Crippen LogP contribution is 2.35. The van der Waals surface area contributed by atoms with Crippen LogP contribution < -0.4 is 10.2 Å². The predicted molar refractivity (Wildman–Crippen MR) is 159 cm³/mol. The SMILES string of the molecule is Brc1ccc(N2CC3CC(C2)O3)nc1.C1NCC2CC1C2.Cc1ccc(S(=O)(=O)O)cc1.Fc1ccc(Br)cn1. The molecule has 2 unspecified atom stereocenters. The Hall–Kier alpha value is -1.96. The summed E-state index contributed by atoms with van der Waals surface area (Å²) in [5.41, 5.74) is 0.956. The second-order valence-electron chi connectivity index (χ2n) is 10.3. The molecule has 4 bridgehead atoms. The number of hydrogen-bond acceptors (Lipinski definition) is 7. The maximum Gasteiger partial charge on any atom is 0.294 e. The van der Waals surface area contributed by atoms with Crippen LogP contribution in [0.5, 0.6) is 0 Å². The average molecular weight is 700 g/mol. The Kier molecular flexibility index (Phi) is 11.1. The van der Waals surface area contributed by atoms with Gasteiger partial charge in [-0.3, -0.25) is 4.55 Å². The van der Waals surface area contributed by atoms with Gasteiger partial charge in [0.2, 0.25) is 5.95 Å². The van der Waals surface area contributed by atoms with Gasteiger partial charge in [-0.15, -0.1) is 0 Å². The van der Waals surface area contributed by atoms with Crippen molar-refractivity contribution in [1.29, 1.82) is 0 Å². The summed E-state index contributed by atoms with van der Waals surface area (Å²) < 4.78 is 48.9. The lowest BCUT2D eigenvalue weighted by Crippen LogP contribution is -2.57. The van der Waals surface area contributed by atoms with E-state index < -0.39 is 16.1 Å². The zero-order valence-electron chi connectivity index (χ0n) is 22.1. The number of piperidine rings is 3. The van der Waals surface area contributed by atoms with Crippen LogP contribution in [-0.4, -0.2) is 61.3 Å². The lowest BCUT2D eigenvalue weighted by Gasteiger charge is -2.47. The van der Waals surface area contributed by atoms with Gasteiger partial charge in [-0.25, -0.2) is 9.97 Å². The topological polar surface area (TPSA) is 105 Å². The van der Waals surface area contributed by atoms with E-state index in [9.17, 15) is 12.8 Å². The second kappa shape index (κ2) is 14.3. The van der Waals surface area contributed by atoms with Crippen molar-refractivity contribution in [3.8, 4) is 0 Å². The van der Waals surface area contributed by atoms with Gasteiger partial charge in [0.15, 0.2) is 0 Å². The van der Waals surface area contributed by atoms with Crippen molar-refractivity contribution in [2.75, 3.05) is 31.1 Å². The van der Waals surface area contributed by atoms with Crippen LogP contribution in [0.1, 0.15) is 24.8 Å². The molecule has 9 rings (SSSR count). The molecule has 0 amide bonds. The molecule has 1 aliphatic carbocycles. The summed E-state index contributed by atoms with van der Waals surface area (Å²) in [7, 11) is -4.02. The Bertz CT molecular complexity index is 1280. The average Bonchev–Trinajstić information content (AvgIpc) is 2.91. The lowest BCUT2D eigenvalue weighted by atomic mass is 9.72. The first kappa shape index (κ1) is 31.0. The molecule has 1 aromatic carbocycles. The summed E-state index contributed by atoms with van der Waals surface area (Å²) in [6.07, 6.45) is 8.41. The van der Waals surface area contributed by atoms with E-state index in [-0.39, 0.29) is 4.90 Å². The van der Waals surface area contributed by atoms with Gasteiger partial charge in [0.25, 0.3) is 10.1 Å². The van der Waals surface area contributed by atoms with Gasteiger partial charge in [-0.2, -0.15) is 12.8 Å². The first-order valence-electron chi connectivity index (χ1n) is 13.1. The number of nitrogens with zero attached hydrogens (tertiary/aromatic N) is 3. The Balaban J connectivity index is 0.000000128. The molecule has 216 valence electrons. The molecule has 2 N–H and O–H groups in total. The molecule has 12 heteroatoms. The number of morpholine rings is 1. The van der Waals surface area contributed by atoms with E-state index in [2.05, 4.69) is 58.1 Å². The first-order valence-corrected chi connectivity index (χ1v) is 16.1. The quantitative estimate of drug-likeness (QED) is 0.261. The molecule has 3 aromatic rings. The minimum atomic E-state index is -4.02. The summed E-state index contributed by atoms with van der Waals surface area (Å²) >= 11 is 6.50. The van der Waals surface area contributed by atoms with Crippen molar-refractivity contribution >= 4 is 47.8 Å². The van der Waals surface area contributed by atoms with Crippen LogP contribution in [0.2, 0.25) is 0 Å². The molecule has 2 aromatic heterocycles. The van der Waals surface area contributed by atoms with Gasteiger partial charge in [0.1, 0.15) is 5.82 Å². The normalized spacial score (nSPS) is 23.9. The highest BCUT2D eigenvalue weighted by atomic mass is 79.9. The van der Waals surface area contributed by atoms with Crippen molar-refractivity contribution in [3.05, 3.63) is 81.4 Å². The van der Waals surface area contributed by atoms with Crippen LogP contribution >= 0.6 is 31.9 Å². The third kappa shape index (κ3) is 9.56. The maximum atomic E-state index is 12.0. The Labute approximate surface area is 251 Å². The van der Waals surface area contributed by atoms with Crippen LogP contribution in [0.15, 0.2) is 74.8 Å². The van der Waals surface area contributed by atoms with Gasteiger partial charge < -0.3 is 15.0 Å². The zero-order valence-corrected chi connectivity index (χ0v) is 26.1. The van der Waals surface area contributed by atoms with Gasteiger partial charge in [0, 0.05) is 40.8 Å². The number of halogens is 3. The number of pyridine rings is 2. The summed E-state index contributed by atoms with van der Waals surface area (Å²) in [6, 6.07) is 13.0. The van der Waals surface area contributed by atoms with Gasteiger partial charge in [0.05, 0.1) is 17.1 Å². The molecule has 5 saturated heterocycles. The summed E-state index contributed by atoms with van der Waals surface area (Å²) in [4.78, 5) is 9.98. The third-order valence-electron chi connectivity index (χ3n) is 7.00. The number of hydrogen-bond donors (Lipinski definition) is 2. The lowest BCUT2D eigenvalue weighted by molar-refractivity contribution is -0.133. The molecule has 7 heterocycles. The van der Waals surface area contributed by atoms with Crippen molar-refractivity contribution < 1.29 is 22.1 Å². The molecule has 1 saturated carbocycles. The van der Waals surface area contributed by atoms with Crippen LogP contribution in [0.4, 0.5) is 10.2 Å². The van der Waals surface area contributed by atoms with Crippen molar-refractivity contribution in [2.24, 2.45) is 11.8 Å². The smallest absolute Gasteiger partial charge is 0.294 e. The monoisotopic (exact) mass is 698 g/mol. The minimum Gasteiger partial charge on any atom is -0.371 e. The van der Waals surface area contributed by atoms with E-state index in [0.29, 0.717) is 12.2 Å². The van der Waals surface area contributed by atoms with E-state index in [1.807, 2.05) is 19.2 Å². The van der Waals surface area contributed by atoms with Crippen LogP contribution in [0.3, 0.4) is 0 Å². The molecule has 6 aliphatic rings. The Morgan fingerprint density at radius 2 is 1.45 bits per heavy atom. The largest absolute Gasteiger partial charge is 0.371 e. The first-order chi connectivity index (χ1) is 19.0. The van der Waals surface area contributed by atoms with E-state index in [0.717, 1.165) is 45.3 Å². The van der Waals surface area contributed by atoms with Gasteiger partial charge in [-0.1, -0.05) is 17.7 Å². The summed E-state index contributed by atoms with van der Waals surface area (Å²) in [6.45, 7) is 6.43. The van der Waals surface area contributed by atoms with Crippen LogP contribution in [-0.2, 0) is 14.9 Å². The molecular formula is C28H33Br2FN4O4S. The van der Waals surface area contributed by atoms with Crippen molar-refractivity contribution in [1.82, 2.24) is 15.3 Å². The molecule has 40 heavy (non-hydrogen) atoms. The third-order valence-corrected chi connectivity index (χ3v) is 8.81. The second-order valence-corrected chi connectivity index (χ2v) is 13.6. The van der Waals surface area contributed by atoms with E-state index >= 15 is 0 Å². The fourth-order valence-corrected chi connectivity index (χ4v) is 5.81. The van der Waals surface area contributed by atoms with Crippen molar-refractivity contribution in [3.63, 3.8) is 0 Å². The number of benzene rings is 1. The highest BCUT2D eigenvalue weighted by Gasteiger charge is 2.38. The number of anilines is 1. The molecule has 0 spiro atoms.